The lowest BCUT2D eigenvalue weighted by Gasteiger charge is -2.24. The molecule has 1 aliphatic rings. The first-order valence-electron chi connectivity index (χ1n) is 12.9. The molecule has 2 aromatic heterocycles. The smallest absolute Gasteiger partial charge is 0.243 e. The van der Waals surface area contributed by atoms with Gasteiger partial charge in [-0.05, 0) is 37.1 Å². The van der Waals surface area contributed by atoms with Crippen molar-refractivity contribution >= 4 is 40.1 Å². The number of nitrogens with one attached hydrogen (secondary N) is 1. The van der Waals surface area contributed by atoms with Crippen LogP contribution in [0, 0.1) is 17.7 Å². The summed E-state index contributed by atoms with van der Waals surface area (Å²) < 4.78 is 30.3. The highest BCUT2D eigenvalue weighted by Crippen LogP contribution is 2.26. The van der Waals surface area contributed by atoms with Crippen LogP contribution in [-0.4, -0.2) is 60.9 Å². The molecule has 0 spiro atoms. The monoisotopic (exact) mass is 591 g/mol. The zero-order chi connectivity index (χ0) is 30.0. The van der Waals surface area contributed by atoms with E-state index >= 15 is 0 Å². The van der Waals surface area contributed by atoms with Crippen LogP contribution in [-0.2, 0) is 22.7 Å². The molecule has 2 N–H and O–H groups in total. The van der Waals surface area contributed by atoms with Gasteiger partial charge in [0.05, 0.1) is 24.0 Å². The molecule has 5 rings (SSSR count). The van der Waals surface area contributed by atoms with E-state index in [1.54, 1.807) is 35.0 Å². The van der Waals surface area contributed by atoms with Gasteiger partial charge in [-0.1, -0.05) is 29.7 Å². The number of benzene rings is 2. The van der Waals surface area contributed by atoms with Crippen molar-refractivity contribution in [2.24, 2.45) is 0 Å². The lowest BCUT2D eigenvalue weighted by Crippen LogP contribution is -2.46. The average Bonchev–Trinajstić information content (AvgIpc) is 3.54. The van der Waals surface area contributed by atoms with Crippen molar-refractivity contribution in [2.45, 2.75) is 38.6 Å². The molecular formula is C30H24ClF2N5O4. The standard InChI is InChI=1S/C30H24ClF2N5O4/c1-17(39)23-15-37(25-7-5-18(9-22(23)25)6-8-27-34-12-21(40)13-35-27)16-28(41)38-14-20(32)10-26(38)30(42)36-11-19-3-2-4-24(31)29(19)33/h2-5,7,9,12-13,15,20,26,40H,10-11,14,16H2,1H3,(H,36,42)/t20-,26+/m1/s1. The number of ketones is 1. The molecule has 214 valence electrons. The fourth-order valence-electron chi connectivity index (χ4n) is 4.83. The number of carbonyl (C=O) groups excluding carboxylic acids is 3. The minimum atomic E-state index is -1.40. The number of amides is 2. The third-order valence-corrected chi connectivity index (χ3v) is 7.17. The van der Waals surface area contributed by atoms with Gasteiger partial charge in [0.1, 0.15) is 24.6 Å². The zero-order valence-corrected chi connectivity index (χ0v) is 23.0. The van der Waals surface area contributed by atoms with Crippen molar-refractivity contribution < 1.29 is 28.3 Å². The molecule has 2 aromatic carbocycles. The van der Waals surface area contributed by atoms with Gasteiger partial charge in [-0.2, -0.15) is 0 Å². The van der Waals surface area contributed by atoms with E-state index in [0.717, 1.165) is 0 Å². The summed E-state index contributed by atoms with van der Waals surface area (Å²) in [6.45, 7) is 0.728. The Labute approximate surface area is 244 Å². The Hall–Kier alpha value is -4.82. The number of fused-ring (bicyclic) bond motifs is 1. The van der Waals surface area contributed by atoms with Gasteiger partial charge in [0, 0.05) is 46.8 Å². The van der Waals surface area contributed by atoms with Crippen LogP contribution in [0.25, 0.3) is 10.9 Å². The Morgan fingerprint density at radius 2 is 1.93 bits per heavy atom. The molecule has 0 bridgehead atoms. The highest BCUT2D eigenvalue weighted by molar-refractivity contribution is 6.30. The topological polar surface area (TPSA) is 117 Å². The summed E-state index contributed by atoms with van der Waals surface area (Å²) in [5, 5.41) is 12.4. The Balaban J connectivity index is 1.35. The van der Waals surface area contributed by atoms with Gasteiger partial charge < -0.3 is 19.9 Å². The summed E-state index contributed by atoms with van der Waals surface area (Å²) in [5.41, 5.74) is 1.68. The van der Waals surface area contributed by atoms with Crippen molar-refractivity contribution in [3.05, 3.63) is 88.3 Å². The number of rotatable bonds is 6. The maximum atomic E-state index is 14.4. The number of likely N-dealkylation sites (tertiary alicyclic amines) is 1. The van der Waals surface area contributed by atoms with E-state index in [9.17, 15) is 28.3 Å². The fourth-order valence-corrected chi connectivity index (χ4v) is 5.02. The number of aromatic nitrogens is 3. The number of aromatic hydroxyl groups is 1. The molecule has 42 heavy (non-hydrogen) atoms. The summed E-state index contributed by atoms with van der Waals surface area (Å²) in [6.07, 6.45) is 2.41. The normalized spacial score (nSPS) is 16.2. The molecule has 12 heteroatoms. The number of nitrogens with zero attached hydrogens (tertiary/aromatic N) is 4. The highest BCUT2D eigenvalue weighted by Gasteiger charge is 2.39. The SMILES string of the molecule is CC(=O)c1cn(CC(=O)N2C[C@H](F)C[C@H]2C(=O)NCc2cccc(Cl)c2F)c2ccc(C#Cc3ncc(O)cn3)cc12. The number of hydrogen-bond donors (Lipinski definition) is 2. The second-order valence-electron chi connectivity index (χ2n) is 9.80. The van der Waals surface area contributed by atoms with Crippen LogP contribution in [0.2, 0.25) is 5.02 Å². The lowest BCUT2D eigenvalue weighted by molar-refractivity contribution is -0.139. The molecule has 0 radical (unpaired) electrons. The second kappa shape index (κ2) is 12.0. The first kappa shape index (κ1) is 28.7. The van der Waals surface area contributed by atoms with Crippen LogP contribution in [0.5, 0.6) is 5.75 Å². The molecule has 0 unspecified atom stereocenters. The van der Waals surface area contributed by atoms with Crippen LogP contribution >= 0.6 is 11.6 Å². The van der Waals surface area contributed by atoms with Gasteiger partial charge in [0.15, 0.2) is 11.5 Å². The van der Waals surface area contributed by atoms with Crippen LogP contribution in [0.3, 0.4) is 0 Å². The van der Waals surface area contributed by atoms with Gasteiger partial charge in [-0.3, -0.25) is 14.4 Å². The summed E-state index contributed by atoms with van der Waals surface area (Å²) in [7, 11) is 0. The average molecular weight is 592 g/mol. The van der Waals surface area contributed by atoms with E-state index < -0.39 is 29.8 Å². The fraction of sp³-hybridized carbons (Fsp3) is 0.233. The van der Waals surface area contributed by atoms with Crippen molar-refractivity contribution in [3.8, 4) is 17.6 Å². The number of carbonyl (C=O) groups is 3. The maximum Gasteiger partial charge on any atom is 0.243 e. The minimum absolute atomic E-state index is 0.0835. The van der Waals surface area contributed by atoms with Crippen molar-refractivity contribution in [1.82, 2.24) is 24.8 Å². The van der Waals surface area contributed by atoms with Gasteiger partial charge in [-0.25, -0.2) is 18.7 Å². The Bertz CT molecular complexity index is 1760. The second-order valence-corrected chi connectivity index (χ2v) is 10.2. The van der Waals surface area contributed by atoms with Gasteiger partial charge in [-0.15, -0.1) is 0 Å². The lowest BCUT2D eigenvalue weighted by atomic mass is 10.1. The van der Waals surface area contributed by atoms with Gasteiger partial charge in [0.25, 0.3) is 0 Å². The molecule has 2 amide bonds. The van der Waals surface area contributed by atoms with Crippen molar-refractivity contribution in [2.75, 3.05) is 6.54 Å². The molecule has 1 saturated heterocycles. The van der Waals surface area contributed by atoms with E-state index in [2.05, 4.69) is 27.1 Å². The molecule has 9 nitrogen and oxygen atoms in total. The van der Waals surface area contributed by atoms with E-state index in [4.69, 9.17) is 11.6 Å². The molecule has 0 saturated carbocycles. The molecule has 2 atom stereocenters. The van der Waals surface area contributed by atoms with E-state index in [0.29, 0.717) is 22.0 Å². The Kier molecular flexibility index (Phi) is 8.17. The van der Waals surface area contributed by atoms with Crippen LogP contribution < -0.4 is 5.32 Å². The third kappa shape index (κ3) is 6.09. The van der Waals surface area contributed by atoms with E-state index in [1.165, 1.54) is 36.4 Å². The molecule has 1 aliphatic heterocycles. The first-order valence-corrected chi connectivity index (χ1v) is 13.3. The molecule has 1 fully saturated rings. The quantitative estimate of drug-likeness (QED) is 0.260. The molecule has 4 aromatic rings. The molecule has 3 heterocycles. The maximum absolute atomic E-state index is 14.4. The van der Waals surface area contributed by atoms with E-state index in [-0.39, 0.29) is 54.0 Å². The van der Waals surface area contributed by atoms with Crippen LogP contribution in [0.1, 0.15) is 40.7 Å². The number of alkyl halides is 1. The molecule has 0 aliphatic carbocycles. The first-order chi connectivity index (χ1) is 20.1. The Morgan fingerprint density at radius 1 is 1.17 bits per heavy atom. The van der Waals surface area contributed by atoms with E-state index in [1.807, 2.05) is 0 Å². The largest absolute Gasteiger partial charge is 0.505 e. The predicted octanol–water partition coefficient (Wildman–Crippen LogP) is 3.79. The Morgan fingerprint density at radius 3 is 2.67 bits per heavy atom. The number of Topliss-reactive ketones (excluding diaryl/α,β-unsaturated/α-hetero) is 1. The summed E-state index contributed by atoms with van der Waals surface area (Å²) in [6, 6.07) is 8.45. The van der Waals surface area contributed by atoms with Crippen LogP contribution in [0.4, 0.5) is 8.78 Å². The van der Waals surface area contributed by atoms with Crippen molar-refractivity contribution in [3.63, 3.8) is 0 Å². The summed E-state index contributed by atoms with van der Waals surface area (Å²) in [4.78, 5) is 47.7. The highest BCUT2D eigenvalue weighted by atomic mass is 35.5. The molecular weight excluding hydrogens is 568 g/mol. The summed E-state index contributed by atoms with van der Waals surface area (Å²) >= 11 is 5.80. The van der Waals surface area contributed by atoms with Crippen molar-refractivity contribution in [1.29, 1.82) is 0 Å². The number of hydrogen-bond acceptors (Lipinski definition) is 6. The summed E-state index contributed by atoms with van der Waals surface area (Å²) in [5.74, 6) is 3.82. The minimum Gasteiger partial charge on any atom is -0.505 e. The predicted molar refractivity (Wildman–Crippen MR) is 150 cm³/mol. The third-order valence-electron chi connectivity index (χ3n) is 6.88. The number of halogens is 3. The van der Waals surface area contributed by atoms with Gasteiger partial charge in [0.2, 0.25) is 17.6 Å². The van der Waals surface area contributed by atoms with Gasteiger partial charge >= 0.3 is 0 Å². The van der Waals surface area contributed by atoms with Crippen LogP contribution in [0.15, 0.2) is 55.0 Å². The zero-order valence-electron chi connectivity index (χ0n) is 22.3.